The van der Waals surface area contributed by atoms with Crippen molar-refractivity contribution in [1.82, 2.24) is 10.3 Å². The average molecular weight is 361 g/mol. The molecule has 5 nitrogen and oxygen atoms in total. The van der Waals surface area contributed by atoms with E-state index in [9.17, 15) is 9.18 Å². The molecule has 2 N–H and O–H groups in total. The summed E-state index contributed by atoms with van der Waals surface area (Å²) in [6.45, 7) is 7.38. The maximum Gasteiger partial charge on any atom is 0.257 e. The normalized spacial score (nSPS) is 12.4. The van der Waals surface area contributed by atoms with Crippen molar-refractivity contribution in [1.29, 1.82) is 0 Å². The monoisotopic (exact) mass is 360 g/mol. The Bertz CT molecular complexity index is 818. The Morgan fingerprint density at radius 2 is 2.12 bits per heavy atom. The third-order valence-electron chi connectivity index (χ3n) is 3.28. The summed E-state index contributed by atoms with van der Waals surface area (Å²) in [7, 11) is 0. The van der Waals surface area contributed by atoms with Crippen LogP contribution in [-0.2, 0) is 0 Å². The number of halogens is 2. The van der Waals surface area contributed by atoms with E-state index >= 15 is 0 Å². The second-order valence-electron chi connectivity index (χ2n) is 5.39. The molecule has 1 amide bonds. The molecule has 1 aromatic carbocycles. The molecule has 7 heteroatoms. The predicted octanol–water partition coefficient (Wildman–Crippen LogP) is 4.25. The minimum absolute atomic E-state index is 0.0973. The van der Waals surface area contributed by atoms with E-state index in [2.05, 4.69) is 27.2 Å². The lowest BCUT2D eigenvalue weighted by molar-refractivity contribution is 0.102. The first-order chi connectivity index (χ1) is 11.8. The molecule has 1 heterocycles. The zero-order valence-corrected chi connectivity index (χ0v) is 14.6. The molecule has 2 aromatic rings. The summed E-state index contributed by atoms with van der Waals surface area (Å²) in [5, 5.41) is 6.21. The highest BCUT2D eigenvalue weighted by Gasteiger charge is 2.10. The maximum atomic E-state index is 13.2. The zero-order chi connectivity index (χ0) is 18.4. The van der Waals surface area contributed by atoms with Gasteiger partial charge in [0.1, 0.15) is 16.8 Å². The van der Waals surface area contributed by atoms with Gasteiger partial charge in [0.2, 0.25) is 0 Å². The van der Waals surface area contributed by atoms with Crippen molar-refractivity contribution in [2.24, 2.45) is 4.99 Å². The highest BCUT2D eigenvalue weighted by molar-refractivity contribution is 6.64. The summed E-state index contributed by atoms with van der Waals surface area (Å²) >= 11 is 5.72. The Kier molecular flexibility index (Phi) is 6.25. The number of aliphatic imine (C=N–C) groups is 1. The molecule has 25 heavy (non-hydrogen) atoms. The second kappa shape index (κ2) is 8.39. The molecule has 2 rings (SSSR count). The highest BCUT2D eigenvalue weighted by atomic mass is 35.5. The summed E-state index contributed by atoms with van der Waals surface area (Å²) in [4.78, 5) is 19.9. The van der Waals surface area contributed by atoms with Gasteiger partial charge in [0.25, 0.3) is 5.91 Å². The molecule has 0 bridgehead atoms. The minimum atomic E-state index is -0.562. The van der Waals surface area contributed by atoms with E-state index in [-0.39, 0.29) is 11.6 Å². The molecule has 0 saturated heterocycles. The molecule has 1 unspecified atom stereocenters. The van der Waals surface area contributed by atoms with Crippen molar-refractivity contribution in [2.45, 2.75) is 19.9 Å². The van der Waals surface area contributed by atoms with Crippen molar-refractivity contribution in [3.8, 4) is 0 Å². The number of hydrogen-bond acceptors (Lipinski definition) is 4. The van der Waals surface area contributed by atoms with Crippen LogP contribution in [0.4, 0.5) is 10.1 Å². The number of anilines is 1. The van der Waals surface area contributed by atoms with Gasteiger partial charge in [-0.2, -0.15) is 0 Å². The maximum absolute atomic E-state index is 13.2. The van der Waals surface area contributed by atoms with Gasteiger partial charge in [-0.15, -0.1) is 0 Å². The Hall–Kier alpha value is -2.73. The number of aromatic nitrogens is 1. The number of carbonyl (C=O) groups is 1. The second-order valence-corrected chi connectivity index (χ2v) is 5.94. The van der Waals surface area contributed by atoms with Crippen molar-refractivity contribution in [3.05, 3.63) is 72.1 Å². The van der Waals surface area contributed by atoms with Gasteiger partial charge in [0, 0.05) is 17.9 Å². The molecule has 0 spiro atoms. The summed E-state index contributed by atoms with van der Waals surface area (Å²) in [5.41, 5.74) is 1.65. The molecule has 0 aliphatic carbocycles. The summed E-state index contributed by atoms with van der Waals surface area (Å²) in [6.07, 6.45) is 2.35. The molecule has 130 valence electrons. The van der Waals surface area contributed by atoms with Gasteiger partial charge in [0.05, 0.1) is 11.8 Å². The lowest BCUT2D eigenvalue weighted by atomic mass is 10.1. The fourth-order valence-electron chi connectivity index (χ4n) is 2.18. The topological polar surface area (TPSA) is 66.4 Å². The standard InChI is InChI=1S/C18H18ClFN4O/c1-11(22-13(3)23-12(2)19)14-5-4-6-17(8-14)24-18(25)15-7-16(20)10-21-9-15/h4-11,22H,3H2,1-2H3,(H,24,25)/b23-12+. The van der Waals surface area contributed by atoms with Gasteiger partial charge in [-0.05, 0) is 37.6 Å². The molecule has 0 fully saturated rings. The van der Waals surface area contributed by atoms with Crippen molar-refractivity contribution >= 4 is 28.4 Å². The van der Waals surface area contributed by atoms with Crippen LogP contribution in [0.5, 0.6) is 0 Å². The molecule has 0 radical (unpaired) electrons. The van der Waals surface area contributed by atoms with Crippen LogP contribution in [0.1, 0.15) is 35.8 Å². The van der Waals surface area contributed by atoms with Crippen LogP contribution in [0.15, 0.2) is 60.1 Å². The van der Waals surface area contributed by atoms with Crippen molar-refractivity contribution in [3.63, 3.8) is 0 Å². The molecule has 1 atom stereocenters. The van der Waals surface area contributed by atoms with Crippen molar-refractivity contribution in [2.75, 3.05) is 5.32 Å². The summed E-state index contributed by atoms with van der Waals surface area (Å²) in [6, 6.07) is 8.31. The number of benzene rings is 1. The van der Waals surface area contributed by atoms with E-state index in [0.29, 0.717) is 16.7 Å². The Labute approximate surface area is 150 Å². The third-order valence-corrected chi connectivity index (χ3v) is 3.37. The van der Waals surface area contributed by atoms with E-state index < -0.39 is 11.7 Å². The number of nitrogens with one attached hydrogen (secondary N) is 2. The third kappa shape index (κ3) is 5.69. The quantitative estimate of drug-likeness (QED) is 0.757. The first-order valence-electron chi connectivity index (χ1n) is 7.53. The Balaban J connectivity index is 2.09. The van der Waals surface area contributed by atoms with Crippen LogP contribution in [-0.4, -0.2) is 16.1 Å². The van der Waals surface area contributed by atoms with Gasteiger partial charge >= 0.3 is 0 Å². The van der Waals surface area contributed by atoms with Crippen LogP contribution < -0.4 is 10.6 Å². The van der Waals surface area contributed by atoms with E-state index in [1.54, 1.807) is 13.0 Å². The number of rotatable bonds is 6. The van der Waals surface area contributed by atoms with E-state index in [4.69, 9.17) is 11.6 Å². The van der Waals surface area contributed by atoms with Gasteiger partial charge in [-0.1, -0.05) is 30.3 Å². The first-order valence-corrected chi connectivity index (χ1v) is 7.91. The Morgan fingerprint density at radius 1 is 1.36 bits per heavy atom. The molecule has 0 aliphatic heterocycles. The zero-order valence-electron chi connectivity index (χ0n) is 13.9. The number of hydrogen-bond donors (Lipinski definition) is 2. The van der Waals surface area contributed by atoms with Crippen LogP contribution in [0.2, 0.25) is 0 Å². The molecular weight excluding hydrogens is 343 g/mol. The van der Waals surface area contributed by atoms with Gasteiger partial charge in [0.15, 0.2) is 0 Å². The van der Waals surface area contributed by atoms with Crippen molar-refractivity contribution < 1.29 is 9.18 Å². The fraction of sp³-hybridized carbons (Fsp3) is 0.167. The summed E-state index contributed by atoms with van der Waals surface area (Å²) in [5.74, 6) is -0.551. The minimum Gasteiger partial charge on any atom is -0.364 e. The number of amides is 1. The first kappa shape index (κ1) is 18.6. The number of nitrogens with zero attached hydrogens (tertiary/aromatic N) is 2. The lowest BCUT2D eigenvalue weighted by Crippen LogP contribution is -2.17. The Morgan fingerprint density at radius 3 is 2.80 bits per heavy atom. The van der Waals surface area contributed by atoms with E-state index in [1.165, 1.54) is 6.20 Å². The number of pyridine rings is 1. The predicted molar refractivity (Wildman–Crippen MR) is 98.2 cm³/mol. The molecular formula is C18H18ClFN4O. The number of carbonyl (C=O) groups excluding carboxylic acids is 1. The van der Waals surface area contributed by atoms with E-state index in [1.807, 2.05) is 25.1 Å². The SMILES string of the molecule is C=C(/N=C(\C)Cl)NC(C)c1cccc(NC(=O)c2cncc(F)c2)c1. The van der Waals surface area contributed by atoms with Crippen LogP contribution in [0, 0.1) is 5.82 Å². The molecule has 1 aromatic heterocycles. The highest BCUT2D eigenvalue weighted by Crippen LogP contribution is 2.19. The molecule has 0 aliphatic rings. The largest absolute Gasteiger partial charge is 0.364 e. The average Bonchev–Trinajstić information content (AvgIpc) is 2.54. The fourth-order valence-corrected chi connectivity index (χ4v) is 2.28. The van der Waals surface area contributed by atoms with Crippen LogP contribution in [0.25, 0.3) is 0 Å². The van der Waals surface area contributed by atoms with Crippen LogP contribution >= 0.6 is 11.6 Å². The van der Waals surface area contributed by atoms with Crippen LogP contribution in [0.3, 0.4) is 0 Å². The van der Waals surface area contributed by atoms with E-state index in [0.717, 1.165) is 17.8 Å². The smallest absolute Gasteiger partial charge is 0.257 e. The van der Waals surface area contributed by atoms with Gasteiger partial charge < -0.3 is 10.6 Å². The van der Waals surface area contributed by atoms with Gasteiger partial charge in [-0.25, -0.2) is 9.38 Å². The summed E-state index contributed by atoms with van der Waals surface area (Å²) < 4.78 is 13.2. The van der Waals surface area contributed by atoms with Gasteiger partial charge in [-0.3, -0.25) is 9.78 Å². The lowest BCUT2D eigenvalue weighted by Gasteiger charge is -2.16. The molecule has 0 saturated carbocycles.